The fourth-order valence-corrected chi connectivity index (χ4v) is 0.913. The van der Waals surface area contributed by atoms with Crippen LogP contribution in [0.15, 0.2) is 0 Å². The fraction of sp³-hybridized carbons (Fsp3) is 0.938. The van der Waals surface area contributed by atoms with Crippen molar-refractivity contribution in [2.24, 2.45) is 5.92 Å². The van der Waals surface area contributed by atoms with Gasteiger partial charge >= 0.3 is 5.97 Å². The Morgan fingerprint density at radius 3 is 1.67 bits per heavy atom. The van der Waals surface area contributed by atoms with Crippen molar-refractivity contribution in [3.8, 4) is 0 Å². The summed E-state index contributed by atoms with van der Waals surface area (Å²) in [5.41, 5.74) is 0. The van der Waals surface area contributed by atoms with E-state index in [0.717, 1.165) is 26.2 Å². The Morgan fingerprint density at radius 2 is 1.43 bits per heavy atom. The highest BCUT2D eigenvalue weighted by atomic mass is 16.5. The summed E-state index contributed by atoms with van der Waals surface area (Å²) in [6, 6.07) is 0. The molecule has 0 heterocycles. The van der Waals surface area contributed by atoms with Gasteiger partial charge in [-0.05, 0) is 12.8 Å². The molecule has 130 valence electrons. The molecule has 0 bridgehead atoms. The van der Waals surface area contributed by atoms with Crippen LogP contribution in [0.3, 0.4) is 0 Å². The number of rotatable bonds is 9. The SMILES string of the molecule is CCCCOC.CCCOCCOC.COC(=O)C(C)C. The molecule has 0 aromatic heterocycles. The lowest BCUT2D eigenvalue weighted by Crippen LogP contribution is -2.07. The van der Waals surface area contributed by atoms with Crippen molar-refractivity contribution >= 4 is 5.97 Å². The molecule has 5 nitrogen and oxygen atoms in total. The lowest BCUT2D eigenvalue weighted by atomic mass is 10.2. The first kappa shape index (κ1) is 25.3. The normalized spacial score (nSPS) is 9.33. The molecule has 0 amide bonds. The summed E-state index contributed by atoms with van der Waals surface area (Å²) in [6.07, 6.45) is 3.51. The summed E-state index contributed by atoms with van der Waals surface area (Å²) in [6.45, 7) is 11.0. The summed E-state index contributed by atoms with van der Waals surface area (Å²) >= 11 is 0. The van der Waals surface area contributed by atoms with E-state index in [1.807, 2.05) is 0 Å². The van der Waals surface area contributed by atoms with Gasteiger partial charge in [-0.2, -0.15) is 0 Å². The molecule has 0 saturated heterocycles. The third-order valence-corrected chi connectivity index (χ3v) is 2.15. The lowest BCUT2D eigenvalue weighted by Gasteiger charge is -1.98. The van der Waals surface area contributed by atoms with Crippen LogP contribution in [-0.2, 0) is 23.7 Å². The van der Waals surface area contributed by atoms with Crippen LogP contribution in [-0.4, -0.2) is 53.7 Å². The van der Waals surface area contributed by atoms with Crippen molar-refractivity contribution in [1.29, 1.82) is 0 Å². The average Bonchev–Trinajstić information content (AvgIpc) is 2.50. The summed E-state index contributed by atoms with van der Waals surface area (Å²) in [7, 11) is 4.80. The molecule has 0 unspecified atom stereocenters. The third-order valence-electron chi connectivity index (χ3n) is 2.15. The van der Waals surface area contributed by atoms with Crippen LogP contribution in [0.4, 0.5) is 0 Å². The molecule has 0 aliphatic heterocycles. The lowest BCUT2D eigenvalue weighted by molar-refractivity contribution is -0.144. The predicted molar refractivity (Wildman–Crippen MR) is 86.6 cm³/mol. The number of hydrogen-bond acceptors (Lipinski definition) is 5. The van der Waals surface area contributed by atoms with Crippen molar-refractivity contribution in [2.75, 3.05) is 47.8 Å². The third kappa shape index (κ3) is 32.7. The molecule has 0 aromatic carbocycles. The summed E-state index contributed by atoms with van der Waals surface area (Å²) in [5, 5.41) is 0. The quantitative estimate of drug-likeness (QED) is 0.483. The van der Waals surface area contributed by atoms with Crippen molar-refractivity contribution in [3.63, 3.8) is 0 Å². The molecule has 21 heavy (non-hydrogen) atoms. The maximum Gasteiger partial charge on any atom is 0.308 e. The van der Waals surface area contributed by atoms with Crippen LogP contribution in [0.1, 0.15) is 47.0 Å². The van der Waals surface area contributed by atoms with Gasteiger partial charge in [0.2, 0.25) is 0 Å². The molecule has 0 aliphatic rings. The van der Waals surface area contributed by atoms with E-state index in [9.17, 15) is 4.79 Å². The van der Waals surface area contributed by atoms with E-state index < -0.39 is 0 Å². The molecule has 0 N–H and O–H groups in total. The zero-order valence-corrected chi connectivity index (χ0v) is 15.1. The van der Waals surface area contributed by atoms with E-state index in [2.05, 4.69) is 18.6 Å². The summed E-state index contributed by atoms with van der Waals surface area (Å²) in [4.78, 5) is 10.3. The minimum absolute atomic E-state index is 0.00463. The molecule has 0 fully saturated rings. The van der Waals surface area contributed by atoms with Crippen molar-refractivity contribution in [1.82, 2.24) is 0 Å². The molecule has 0 aromatic rings. The minimum Gasteiger partial charge on any atom is -0.469 e. The van der Waals surface area contributed by atoms with E-state index in [-0.39, 0.29) is 11.9 Å². The van der Waals surface area contributed by atoms with Crippen molar-refractivity contribution < 1.29 is 23.7 Å². The van der Waals surface area contributed by atoms with Crippen LogP contribution >= 0.6 is 0 Å². The summed E-state index contributed by atoms with van der Waals surface area (Å²) in [5.74, 6) is -0.148. The number of carbonyl (C=O) groups is 1. The van der Waals surface area contributed by atoms with Gasteiger partial charge in [0.15, 0.2) is 0 Å². The number of methoxy groups -OCH3 is 3. The predicted octanol–water partition coefficient (Wildman–Crippen LogP) is 3.31. The number of unbranched alkanes of at least 4 members (excludes halogenated alkanes) is 1. The first-order valence-corrected chi connectivity index (χ1v) is 7.65. The highest BCUT2D eigenvalue weighted by molar-refractivity contribution is 5.71. The molecular weight excluding hydrogens is 272 g/mol. The zero-order chi connectivity index (χ0) is 16.9. The standard InChI is InChI=1S/C6H14O2.C5H10O2.C5H12O/c1-3-4-8-6-5-7-2;1-4(2)5(6)7-3;1-3-4-5-6-2/h3-6H2,1-2H3;4H,1-3H3;3-5H2,1-2H3. The van der Waals surface area contributed by atoms with Crippen LogP contribution in [0.5, 0.6) is 0 Å². The van der Waals surface area contributed by atoms with Crippen molar-refractivity contribution in [2.45, 2.75) is 47.0 Å². The number of esters is 1. The molecule has 0 saturated carbocycles. The zero-order valence-electron chi connectivity index (χ0n) is 15.1. The second-order valence-electron chi connectivity index (χ2n) is 4.63. The van der Waals surface area contributed by atoms with Gasteiger partial charge in [-0.15, -0.1) is 0 Å². The first-order valence-electron chi connectivity index (χ1n) is 7.65. The van der Waals surface area contributed by atoms with Gasteiger partial charge in [-0.1, -0.05) is 34.1 Å². The molecule has 5 heteroatoms. The highest BCUT2D eigenvalue weighted by Gasteiger charge is 2.03. The Balaban J connectivity index is -0.000000234. The Morgan fingerprint density at radius 1 is 0.857 bits per heavy atom. The van der Waals surface area contributed by atoms with Gasteiger partial charge in [-0.3, -0.25) is 4.79 Å². The van der Waals surface area contributed by atoms with Gasteiger partial charge < -0.3 is 18.9 Å². The Bertz CT molecular complexity index is 174. The molecule has 0 atom stereocenters. The molecule has 0 radical (unpaired) electrons. The largest absolute Gasteiger partial charge is 0.469 e. The number of hydrogen-bond donors (Lipinski definition) is 0. The molecule has 0 spiro atoms. The maximum atomic E-state index is 10.3. The molecule has 0 rings (SSSR count). The number of carbonyl (C=O) groups excluding carboxylic acids is 1. The second-order valence-corrected chi connectivity index (χ2v) is 4.63. The van der Waals surface area contributed by atoms with E-state index in [0.29, 0.717) is 6.61 Å². The Hall–Kier alpha value is -0.650. The van der Waals surface area contributed by atoms with Crippen LogP contribution in [0, 0.1) is 5.92 Å². The molecular formula is C16H36O5. The van der Waals surface area contributed by atoms with Crippen LogP contribution in [0.25, 0.3) is 0 Å². The Kier molecular flexibility index (Phi) is 29.4. The smallest absolute Gasteiger partial charge is 0.308 e. The Labute approximate surface area is 131 Å². The van der Waals surface area contributed by atoms with Gasteiger partial charge in [-0.25, -0.2) is 0 Å². The average molecular weight is 308 g/mol. The molecule has 0 aliphatic carbocycles. The van der Waals surface area contributed by atoms with Crippen LogP contribution in [0.2, 0.25) is 0 Å². The fourth-order valence-electron chi connectivity index (χ4n) is 0.913. The first-order chi connectivity index (χ1) is 10.0. The highest BCUT2D eigenvalue weighted by Crippen LogP contribution is 1.91. The van der Waals surface area contributed by atoms with E-state index in [1.54, 1.807) is 28.1 Å². The van der Waals surface area contributed by atoms with E-state index in [1.165, 1.54) is 20.0 Å². The monoisotopic (exact) mass is 308 g/mol. The maximum absolute atomic E-state index is 10.3. The second kappa shape index (κ2) is 24.4. The van der Waals surface area contributed by atoms with Gasteiger partial charge in [0.1, 0.15) is 0 Å². The topological polar surface area (TPSA) is 54.0 Å². The minimum atomic E-state index is -0.153. The van der Waals surface area contributed by atoms with Crippen LogP contribution < -0.4 is 0 Å². The van der Waals surface area contributed by atoms with Gasteiger partial charge in [0.05, 0.1) is 26.2 Å². The van der Waals surface area contributed by atoms with E-state index >= 15 is 0 Å². The summed E-state index contributed by atoms with van der Waals surface area (Å²) < 4.78 is 19.0. The number of ether oxygens (including phenoxy) is 4. The van der Waals surface area contributed by atoms with E-state index in [4.69, 9.17) is 14.2 Å². The van der Waals surface area contributed by atoms with Crippen molar-refractivity contribution in [3.05, 3.63) is 0 Å². The van der Waals surface area contributed by atoms with Gasteiger partial charge in [0, 0.05) is 27.4 Å². The van der Waals surface area contributed by atoms with Gasteiger partial charge in [0.25, 0.3) is 0 Å².